The lowest BCUT2D eigenvalue weighted by Crippen LogP contribution is -2.17. The standard InChI is InChI=1S/C18H12F3N3O4/c1-27-8-2-4-13-11(6-8)15(24-26)16(22-13)14-10-7-9(28-18(19,20)21)3-5-12(10)23-17(14)25/h2-7,14,22H,1H3,(H,23,25). The van der Waals surface area contributed by atoms with Crippen LogP contribution in [-0.2, 0) is 4.79 Å². The molecule has 1 aromatic heterocycles. The molecule has 1 aliphatic heterocycles. The Labute approximate surface area is 155 Å². The largest absolute Gasteiger partial charge is 0.573 e. The Bertz CT molecular complexity index is 1110. The zero-order valence-corrected chi connectivity index (χ0v) is 14.3. The molecule has 7 nitrogen and oxygen atoms in total. The monoisotopic (exact) mass is 391 g/mol. The summed E-state index contributed by atoms with van der Waals surface area (Å²) in [5.41, 5.74) is 1.28. The number of amides is 1. The minimum Gasteiger partial charge on any atom is -0.497 e. The Hall–Kier alpha value is -3.56. The second kappa shape index (κ2) is 6.25. The predicted octanol–water partition coefficient (Wildman–Crippen LogP) is 4.56. The summed E-state index contributed by atoms with van der Waals surface area (Å²) in [6.45, 7) is 0. The van der Waals surface area contributed by atoms with Gasteiger partial charge in [0.15, 0.2) is 0 Å². The van der Waals surface area contributed by atoms with Crippen LogP contribution in [0.15, 0.2) is 41.6 Å². The Morgan fingerprint density at radius 1 is 1.11 bits per heavy atom. The number of alkyl halides is 3. The topological polar surface area (TPSA) is 92.8 Å². The van der Waals surface area contributed by atoms with E-state index in [9.17, 15) is 22.9 Å². The molecule has 0 saturated carbocycles. The van der Waals surface area contributed by atoms with E-state index >= 15 is 0 Å². The normalized spacial score (nSPS) is 16.0. The van der Waals surface area contributed by atoms with Crippen LogP contribution in [0.4, 0.5) is 24.5 Å². The number of carbonyl (C=O) groups excluding carboxylic acids is 1. The van der Waals surface area contributed by atoms with Crippen molar-refractivity contribution in [1.82, 2.24) is 4.98 Å². The summed E-state index contributed by atoms with van der Waals surface area (Å²) in [6.07, 6.45) is -4.87. The van der Waals surface area contributed by atoms with E-state index in [0.29, 0.717) is 22.3 Å². The summed E-state index contributed by atoms with van der Waals surface area (Å²) in [4.78, 5) is 27.0. The fourth-order valence-corrected chi connectivity index (χ4v) is 3.34. The molecule has 0 bridgehead atoms. The van der Waals surface area contributed by atoms with Crippen LogP contribution in [0.25, 0.3) is 10.9 Å². The molecule has 10 heteroatoms. The third kappa shape index (κ3) is 2.92. The summed E-state index contributed by atoms with van der Waals surface area (Å²) in [6, 6.07) is 8.44. The second-order valence-corrected chi connectivity index (χ2v) is 6.11. The number of fused-ring (bicyclic) bond motifs is 2. The van der Waals surface area contributed by atoms with Gasteiger partial charge in [0.2, 0.25) is 5.91 Å². The number of aromatic amines is 1. The molecular weight excluding hydrogens is 379 g/mol. The van der Waals surface area contributed by atoms with Crippen LogP contribution in [-0.4, -0.2) is 24.4 Å². The van der Waals surface area contributed by atoms with Crippen molar-refractivity contribution in [1.29, 1.82) is 0 Å². The third-order valence-corrected chi connectivity index (χ3v) is 4.47. The molecule has 3 aromatic rings. The highest BCUT2D eigenvalue weighted by atomic mass is 19.4. The van der Waals surface area contributed by atoms with Crippen molar-refractivity contribution >= 4 is 28.2 Å². The molecule has 28 heavy (non-hydrogen) atoms. The van der Waals surface area contributed by atoms with Crippen molar-refractivity contribution < 1.29 is 27.4 Å². The molecule has 0 radical (unpaired) electrons. The molecule has 1 atom stereocenters. The molecule has 1 aliphatic rings. The van der Waals surface area contributed by atoms with Crippen LogP contribution >= 0.6 is 0 Å². The zero-order chi connectivity index (χ0) is 20.1. The number of nitrogens with zero attached hydrogens (tertiary/aromatic N) is 1. The van der Waals surface area contributed by atoms with Crippen LogP contribution < -0.4 is 14.8 Å². The number of benzene rings is 2. The van der Waals surface area contributed by atoms with E-state index in [-0.39, 0.29) is 16.9 Å². The van der Waals surface area contributed by atoms with E-state index in [1.54, 1.807) is 18.2 Å². The summed E-state index contributed by atoms with van der Waals surface area (Å²) in [5.74, 6) is -1.52. The third-order valence-electron chi connectivity index (χ3n) is 4.47. The highest BCUT2D eigenvalue weighted by Gasteiger charge is 2.37. The Morgan fingerprint density at radius 3 is 2.54 bits per heavy atom. The van der Waals surface area contributed by atoms with Gasteiger partial charge in [-0.05, 0) is 47.1 Å². The molecule has 2 aromatic carbocycles. The van der Waals surface area contributed by atoms with Gasteiger partial charge in [-0.15, -0.1) is 18.1 Å². The number of hydrogen-bond acceptors (Lipinski definition) is 5. The maximum atomic E-state index is 12.5. The number of rotatable bonds is 4. The van der Waals surface area contributed by atoms with E-state index in [1.165, 1.54) is 13.2 Å². The van der Waals surface area contributed by atoms with Crippen molar-refractivity contribution in [3.63, 3.8) is 0 Å². The summed E-state index contributed by atoms with van der Waals surface area (Å²) in [5, 5.41) is 6.07. The minimum atomic E-state index is -4.87. The molecule has 1 amide bonds. The highest BCUT2D eigenvalue weighted by Crippen LogP contribution is 2.45. The van der Waals surface area contributed by atoms with Crippen molar-refractivity contribution in [2.24, 2.45) is 5.18 Å². The molecule has 0 saturated heterocycles. The Balaban J connectivity index is 1.86. The van der Waals surface area contributed by atoms with Gasteiger partial charge in [-0.25, -0.2) is 0 Å². The first-order valence-electron chi connectivity index (χ1n) is 8.04. The van der Waals surface area contributed by atoms with Crippen LogP contribution in [0.2, 0.25) is 0 Å². The van der Waals surface area contributed by atoms with Gasteiger partial charge < -0.3 is 19.8 Å². The summed E-state index contributed by atoms with van der Waals surface area (Å²) in [7, 11) is 1.46. The van der Waals surface area contributed by atoms with Crippen molar-refractivity contribution in [2.45, 2.75) is 12.3 Å². The maximum absolute atomic E-state index is 12.5. The predicted molar refractivity (Wildman–Crippen MR) is 93.9 cm³/mol. The second-order valence-electron chi connectivity index (χ2n) is 6.11. The number of aromatic nitrogens is 1. The molecule has 2 heterocycles. The first-order chi connectivity index (χ1) is 13.3. The van der Waals surface area contributed by atoms with Crippen LogP contribution in [0.3, 0.4) is 0 Å². The van der Waals surface area contributed by atoms with E-state index in [0.717, 1.165) is 12.1 Å². The fourth-order valence-electron chi connectivity index (χ4n) is 3.34. The first kappa shape index (κ1) is 17.8. The fraction of sp³-hybridized carbons (Fsp3) is 0.167. The van der Waals surface area contributed by atoms with Crippen molar-refractivity contribution in [3.8, 4) is 11.5 Å². The van der Waals surface area contributed by atoms with Crippen LogP contribution in [0.1, 0.15) is 17.2 Å². The van der Waals surface area contributed by atoms with Crippen LogP contribution in [0, 0.1) is 4.91 Å². The lowest BCUT2D eigenvalue weighted by Gasteiger charge is -2.12. The quantitative estimate of drug-likeness (QED) is 0.638. The molecule has 1 unspecified atom stereocenters. The van der Waals surface area contributed by atoms with Crippen LogP contribution in [0.5, 0.6) is 11.5 Å². The number of carbonyl (C=O) groups is 1. The first-order valence-corrected chi connectivity index (χ1v) is 8.04. The number of H-pyrrole nitrogens is 1. The van der Waals surface area contributed by atoms with Gasteiger partial charge in [0.25, 0.3) is 0 Å². The molecule has 2 N–H and O–H groups in total. The number of ether oxygens (including phenoxy) is 2. The highest BCUT2D eigenvalue weighted by molar-refractivity contribution is 6.07. The molecule has 0 spiro atoms. The maximum Gasteiger partial charge on any atom is 0.573 e. The number of nitrogens with one attached hydrogen (secondary N) is 2. The molecular formula is C18H12F3N3O4. The van der Waals surface area contributed by atoms with Gasteiger partial charge in [0.05, 0.1) is 12.8 Å². The average Bonchev–Trinajstić information content (AvgIpc) is 3.15. The van der Waals surface area contributed by atoms with Crippen molar-refractivity contribution in [3.05, 3.63) is 52.6 Å². The lowest BCUT2D eigenvalue weighted by atomic mass is 9.96. The Kier molecular flexibility index (Phi) is 3.98. The lowest BCUT2D eigenvalue weighted by molar-refractivity contribution is -0.274. The number of halogens is 3. The van der Waals surface area contributed by atoms with E-state index in [4.69, 9.17) is 4.74 Å². The molecule has 0 fully saturated rings. The van der Waals surface area contributed by atoms with Gasteiger partial charge in [-0.1, -0.05) is 0 Å². The Morgan fingerprint density at radius 2 is 1.86 bits per heavy atom. The summed E-state index contributed by atoms with van der Waals surface area (Å²) < 4.78 is 46.7. The number of nitroso groups, excluding NO2 is 1. The number of hydrogen-bond donors (Lipinski definition) is 2. The zero-order valence-electron chi connectivity index (χ0n) is 14.3. The van der Waals surface area contributed by atoms with Crippen molar-refractivity contribution in [2.75, 3.05) is 12.4 Å². The van der Waals surface area contributed by atoms with Gasteiger partial charge in [0.1, 0.15) is 23.1 Å². The van der Waals surface area contributed by atoms with Gasteiger partial charge >= 0.3 is 6.36 Å². The van der Waals surface area contributed by atoms with Gasteiger partial charge in [-0.2, -0.15) is 0 Å². The number of methoxy groups -OCH3 is 1. The smallest absolute Gasteiger partial charge is 0.497 e. The van der Waals surface area contributed by atoms with E-state index in [2.05, 4.69) is 20.2 Å². The molecule has 0 aliphatic carbocycles. The van der Waals surface area contributed by atoms with E-state index < -0.39 is 23.9 Å². The average molecular weight is 391 g/mol. The van der Waals surface area contributed by atoms with Gasteiger partial charge in [0, 0.05) is 16.6 Å². The van der Waals surface area contributed by atoms with E-state index in [1.807, 2.05) is 0 Å². The molecule has 4 rings (SSSR count). The minimum absolute atomic E-state index is 0.0101. The molecule has 144 valence electrons. The SMILES string of the molecule is COc1ccc2[nH]c(C3C(=O)Nc4ccc(OC(F)(F)F)cc43)c(N=O)c2c1. The number of anilines is 1. The van der Waals surface area contributed by atoms with Gasteiger partial charge in [-0.3, -0.25) is 4.79 Å². The summed E-state index contributed by atoms with van der Waals surface area (Å²) >= 11 is 0.